The number of nitrogens with zero attached hydrogens (tertiary/aromatic N) is 1. The zero-order valence-electron chi connectivity index (χ0n) is 15.1. The SMILES string of the molecule is O=C(O)CCc1n[nH]c2cc(Cl)c(-c3ccc(-c4c(O)cccc4Cl)cc3)cc12. The van der Waals surface area contributed by atoms with Crippen molar-refractivity contribution in [3.63, 3.8) is 0 Å². The molecule has 0 aliphatic heterocycles. The van der Waals surface area contributed by atoms with Crippen LogP contribution in [0.25, 0.3) is 33.2 Å². The van der Waals surface area contributed by atoms with Gasteiger partial charge in [0.2, 0.25) is 0 Å². The van der Waals surface area contributed by atoms with Crippen LogP contribution >= 0.6 is 23.2 Å². The number of halogens is 2. The molecule has 4 rings (SSSR count). The van der Waals surface area contributed by atoms with Crippen molar-refractivity contribution in [1.29, 1.82) is 0 Å². The number of benzene rings is 3. The van der Waals surface area contributed by atoms with Gasteiger partial charge in [-0.05, 0) is 35.4 Å². The number of hydrogen-bond donors (Lipinski definition) is 3. The standard InChI is InChI=1S/C22H16Cl2N2O3/c23-16-2-1-3-20(27)22(16)13-6-4-12(5-7-13)14-10-15-18(8-9-21(28)29)25-26-19(15)11-17(14)24/h1-7,10-11,27H,8-9H2,(H,25,26)(H,28,29). The Kier molecular flexibility index (Phi) is 5.18. The first-order valence-electron chi connectivity index (χ1n) is 8.90. The molecule has 0 bridgehead atoms. The monoisotopic (exact) mass is 426 g/mol. The minimum atomic E-state index is -0.867. The number of aromatic hydroxyl groups is 1. The Morgan fingerprint density at radius 2 is 1.72 bits per heavy atom. The maximum atomic E-state index is 10.9. The van der Waals surface area contributed by atoms with Crippen LogP contribution in [0.3, 0.4) is 0 Å². The third-order valence-electron chi connectivity index (χ3n) is 4.78. The first-order valence-corrected chi connectivity index (χ1v) is 9.66. The van der Waals surface area contributed by atoms with Crippen LogP contribution in [0, 0.1) is 0 Å². The van der Waals surface area contributed by atoms with Crippen molar-refractivity contribution in [2.24, 2.45) is 0 Å². The van der Waals surface area contributed by atoms with Gasteiger partial charge >= 0.3 is 5.97 Å². The summed E-state index contributed by atoms with van der Waals surface area (Å²) in [7, 11) is 0. The molecule has 1 heterocycles. The normalized spacial score (nSPS) is 11.1. The molecule has 29 heavy (non-hydrogen) atoms. The van der Waals surface area contributed by atoms with Gasteiger partial charge in [0.25, 0.3) is 0 Å². The summed E-state index contributed by atoms with van der Waals surface area (Å²) in [6, 6.07) is 16.3. The molecule has 1 aromatic heterocycles. The van der Waals surface area contributed by atoms with Gasteiger partial charge < -0.3 is 10.2 Å². The fraction of sp³-hybridized carbons (Fsp3) is 0.0909. The molecule has 0 aliphatic rings. The summed E-state index contributed by atoms with van der Waals surface area (Å²) in [4.78, 5) is 10.9. The summed E-state index contributed by atoms with van der Waals surface area (Å²) in [5, 5.41) is 28.1. The van der Waals surface area contributed by atoms with Crippen molar-refractivity contribution in [3.05, 3.63) is 70.3 Å². The van der Waals surface area contributed by atoms with Crippen molar-refractivity contribution in [1.82, 2.24) is 10.2 Å². The molecule has 3 aromatic carbocycles. The lowest BCUT2D eigenvalue weighted by Crippen LogP contribution is -1.98. The molecule has 4 aromatic rings. The Morgan fingerprint density at radius 3 is 2.41 bits per heavy atom. The smallest absolute Gasteiger partial charge is 0.303 e. The van der Waals surface area contributed by atoms with Crippen LogP contribution in [0.5, 0.6) is 5.75 Å². The molecular formula is C22H16Cl2N2O3. The second kappa shape index (κ2) is 7.78. The van der Waals surface area contributed by atoms with Crippen LogP contribution in [0.4, 0.5) is 0 Å². The second-order valence-corrected chi connectivity index (χ2v) is 7.47. The molecule has 0 saturated carbocycles. The minimum absolute atomic E-state index is 0.00788. The largest absolute Gasteiger partial charge is 0.507 e. The van der Waals surface area contributed by atoms with E-state index in [0.29, 0.717) is 27.7 Å². The first kappa shape index (κ1) is 19.3. The molecule has 5 nitrogen and oxygen atoms in total. The predicted octanol–water partition coefficient (Wildman–Crippen LogP) is 5.93. The van der Waals surface area contributed by atoms with Crippen molar-refractivity contribution in [3.8, 4) is 28.0 Å². The molecule has 7 heteroatoms. The molecule has 3 N–H and O–H groups in total. The topological polar surface area (TPSA) is 86.2 Å². The number of H-pyrrole nitrogens is 1. The number of phenols is 1. The minimum Gasteiger partial charge on any atom is -0.507 e. The molecule has 0 atom stereocenters. The van der Waals surface area contributed by atoms with Gasteiger partial charge in [-0.15, -0.1) is 0 Å². The summed E-state index contributed by atoms with van der Waals surface area (Å²) in [6.45, 7) is 0. The Balaban J connectivity index is 1.73. The van der Waals surface area contributed by atoms with E-state index in [2.05, 4.69) is 10.2 Å². The van der Waals surface area contributed by atoms with Crippen LogP contribution in [0.2, 0.25) is 10.0 Å². The van der Waals surface area contributed by atoms with Crippen LogP contribution in [0.15, 0.2) is 54.6 Å². The van der Waals surface area contributed by atoms with E-state index in [-0.39, 0.29) is 12.2 Å². The van der Waals surface area contributed by atoms with Gasteiger partial charge in [-0.2, -0.15) is 5.10 Å². The van der Waals surface area contributed by atoms with Crippen molar-refractivity contribution in [2.45, 2.75) is 12.8 Å². The molecule has 0 unspecified atom stereocenters. The van der Waals surface area contributed by atoms with Gasteiger partial charge in [0.05, 0.1) is 27.7 Å². The quantitative estimate of drug-likeness (QED) is 0.369. The number of aromatic nitrogens is 2. The predicted molar refractivity (Wildman–Crippen MR) is 115 cm³/mol. The summed E-state index contributed by atoms with van der Waals surface area (Å²) in [6.07, 6.45) is 0.342. The number of nitrogens with one attached hydrogen (secondary N) is 1. The molecule has 0 fully saturated rings. The molecule has 0 aliphatic carbocycles. The molecular weight excluding hydrogens is 411 g/mol. The highest BCUT2D eigenvalue weighted by atomic mass is 35.5. The fourth-order valence-corrected chi connectivity index (χ4v) is 3.90. The van der Waals surface area contributed by atoms with E-state index in [9.17, 15) is 9.90 Å². The van der Waals surface area contributed by atoms with E-state index in [4.69, 9.17) is 28.3 Å². The fourth-order valence-electron chi connectivity index (χ4n) is 3.34. The van der Waals surface area contributed by atoms with E-state index >= 15 is 0 Å². The highest BCUT2D eigenvalue weighted by Gasteiger charge is 2.14. The van der Waals surface area contributed by atoms with Gasteiger partial charge in [0.1, 0.15) is 5.75 Å². The van der Waals surface area contributed by atoms with E-state index in [1.54, 1.807) is 24.3 Å². The third kappa shape index (κ3) is 3.79. The number of rotatable bonds is 5. The maximum absolute atomic E-state index is 10.9. The average Bonchev–Trinajstić information content (AvgIpc) is 3.08. The number of aliphatic carboxylic acids is 1. The lowest BCUT2D eigenvalue weighted by molar-refractivity contribution is -0.136. The van der Waals surface area contributed by atoms with Crippen molar-refractivity contribution < 1.29 is 15.0 Å². The summed E-state index contributed by atoms with van der Waals surface area (Å²) in [5.74, 6) is -0.750. The van der Waals surface area contributed by atoms with E-state index in [1.165, 1.54) is 0 Å². The summed E-state index contributed by atoms with van der Waals surface area (Å²) in [5.41, 5.74) is 4.52. The number of aryl methyl sites for hydroxylation is 1. The van der Waals surface area contributed by atoms with Gasteiger partial charge in [-0.1, -0.05) is 53.5 Å². The highest BCUT2D eigenvalue weighted by molar-refractivity contribution is 6.34. The maximum Gasteiger partial charge on any atom is 0.303 e. The van der Waals surface area contributed by atoms with Crippen molar-refractivity contribution >= 4 is 40.1 Å². The van der Waals surface area contributed by atoms with Crippen LogP contribution in [-0.4, -0.2) is 26.4 Å². The van der Waals surface area contributed by atoms with Gasteiger partial charge in [0.15, 0.2) is 0 Å². The van der Waals surface area contributed by atoms with Crippen molar-refractivity contribution in [2.75, 3.05) is 0 Å². The van der Waals surface area contributed by atoms with E-state index in [1.807, 2.05) is 30.3 Å². The van der Waals surface area contributed by atoms with Gasteiger partial charge in [-0.3, -0.25) is 9.89 Å². The lowest BCUT2D eigenvalue weighted by atomic mass is 9.98. The molecule has 0 radical (unpaired) electrons. The zero-order chi connectivity index (χ0) is 20.5. The molecule has 0 amide bonds. The van der Waals surface area contributed by atoms with Crippen LogP contribution in [-0.2, 0) is 11.2 Å². The van der Waals surface area contributed by atoms with Crippen LogP contribution in [0.1, 0.15) is 12.1 Å². The first-order chi connectivity index (χ1) is 13.9. The number of aromatic amines is 1. The number of fused-ring (bicyclic) bond motifs is 1. The molecule has 146 valence electrons. The third-order valence-corrected chi connectivity index (χ3v) is 5.41. The second-order valence-electron chi connectivity index (χ2n) is 6.65. The Morgan fingerprint density at radius 1 is 1.00 bits per heavy atom. The number of hydrogen-bond acceptors (Lipinski definition) is 3. The number of carboxylic acid groups (broad SMARTS) is 1. The molecule has 0 saturated heterocycles. The Hall–Kier alpha value is -3.02. The average molecular weight is 427 g/mol. The number of carbonyl (C=O) groups is 1. The van der Waals surface area contributed by atoms with E-state index < -0.39 is 5.97 Å². The Labute approximate surface area is 176 Å². The molecule has 0 spiro atoms. The Bertz CT molecular complexity index is 1200. The summed E-state index contributed by atoms with van der Waals surface area (Å²) >= 11 is 12.7. The summed E-state index contributed by atoms with van der Waals surface area (Å²) < 4.78 is 0. The van der Waals surface area contributed by atoms with Gasteiger partial charge in [0, 0.05) is 22.9 Å². The van der Waals surface area contributed by atoms with E-state index in [0.717, 1.165) is 27.6 Å². The zero-order valence-corrected chi connectivity index (χ0v) is 16.6. The lowest BCUT2D eigenvalue weighted by Gasteiger charge is -2.10. The van der Waals surface area contributed by atoms with Crippen LogP contribution < -0.4 is 0 Å². The van der Waals surface area contributed by atoms with Gasteiger partial charge in [-0.25, -0.2) is 0 Å². The number of carboxylic acids is 1. The highest BCUT2D eigenvalue weighted by Crippen LogP contribution is 2.38. The number of phenolic OH excluding ortho intramolecular Hbond substituents is 1.